The first kappa shape index (κ1) is 13.6. The lowest BCUT2D eigenvalue weighted by atomic mass is 10.3. The molecule has 0 atom stereocenters. The van der Waals surface area contributed by atoms with Gasteiger partial charge in [0.1, 0.15) is 0 Å². The molecular formula is C9H22IN3. The summed E-state index contributed by atoms with van der Waals surface area (Å²) in [5, 5.41) is 3.37. The van der Waals surface area contributed by atoms with E-state index in [1.165, 1.54) is 26.2 Å². The van der Waals surface area contributed by atoms with Crippen LogP contribution in [-0.2, 0) is 0 Å². The van der Waals surface area contributed by atoms with E-state index >= 15 is 0 Å². The summed E-state index contributed by atoms with van der Waals surface area (Å²) >= 11 is 0. The minimum atomic E-state index is 0. The van der Waals surface area contributed by atoms with Gasteiger partial charge in [0.25, 0.3) is 0 Å². The first-order chi connectivity index (χ1) is 5.58. The molecule has 0 unspecified atom stereocenters. The van der Waals surface area contributed by atoms with Gasteiger partial charge in [0.05, 0.1) is 27.7 Å². The van der Waals surface area contributed by atoms with Crippen molar-refractivity contribution in [1.29, 1.82) is 0 Å². The van der Waals surface area contributed by atoms with E-state index in [0.29, 0.717) is 0 Å². The van der Waals surface area contributed by atoms with Crippen LogP contribution in [0.15, 0.2) is 0 Å². The van der Waals surface area contributed by atoms with Crippen molar-refractivity contribution in [3.63, 3.8) is 0 Å². The molecule has 1 rings (SSSR count). The van der Waals surface area contributed by atoms with Crippen LogP contribution in [0.3, 0.4) is 0 Å². The summed E-state index contributed by atoms with van der Waals surface area (Å²) < 4.78 is 1.07. The Morgan fingerprint density at radius 3 is 2.15 bits per heavy atom. The highest BCUT2D eigenvalue weighted by Crippen LogP contribution is 1.95. The molecule has 0 bridgehead atoms. The SMILES string of the molecule is C[N+](C)(C)CCN1CCNCC1.[I-]. The van der Waals surface area contributed by atoms with Crippen molar-refractivity contribution >= 4 is 0 Å². The van der Waals surface area contributed by atoms with Crippen LogP contribution in [0.5, 0.6) is 0 Å². The van der Waals surface area contributed by atoms with Gasteiger partial charge in [-0.1, -0.05) is 0 Å². The third-order valence-corrected chi connectivity index (χ3v) is 2.30. The van der Waals surface area contributed by atoms with Gasteiger partial charge in [-0.25, -0.2) is 0 Å². The smallest absolute Gasteiger partial charge is 0.0909 e. The lowest BCUT2D eigenvalue weighted by Crippen LogP contribution is -3.00. The quantitative estimate of drug-likeness (QED) is 0.432. The topological polar surface area (TPSA) is 15.3 Å². The van der Waals surface area contributed by atoms with Gasteiger partial charge in [-0.3, -0.25) is 4.90 Å². The molecule has 1 aliphatic rings. The molecule has 0 saturated carbocycles. The van der Waals surface area contributed by atoms with Crippen LogP contribution in [0, 0.1) is 0 Å². The Hall–Kier alpha value is 0.610. The van der Waals surface area contributed by atoms with Crippen molar-refractivity contribution in [2.24, 2.45) is 0 Å². The second kappa shape index (κ2) is 6.16. The third-order valence-electron chi connectivity index (χ3n) is 2.30. The van der Waals surface area contributed by atoms with Gasteiger partial charge < -0.3 is 33.8 Å². The Kier molecular flexibility index (Phi) is 6.45. The van der Waals surface area contributed by atoms with Gasteiger partial charge in [-0.05, 0) is 0 Å². The fourth-order valence-electron chi connectivity index (χ4n) is 1.38. The van der Waals surface area contributed by atoms with E-state index in [0.717, 1.165) is 17.6 Å². The Labute approximate surface area is 99.1 Å². The molecule has 1 fully saturated rings. The van der Waals surface area contributed by atoms with Crippen LogP contribution in [0.25, 0.3) is 0 Å². The molecule has 4 heteroatoms. The Morgan fingerprint density at radius 1 is 1.15 bits per heavy atom. The van der Waals surface area contributed by atoms with Gasteiger partial charge in [0, 0.05) is 32.7 Å². The average Bonchev–Trinajstić information content (AvgIpc) is 2.02. The zero-order chi connectivity index (χ0) is 9.03. The minimum absolute atomic E-state index is 0. The van der Waals surface area contributed by atoms with Crippen LogP contribution in [0.2, 0.25) is 0 Å². The highest BCUT2D eigenvalue weighted by Gasteiger charge is 2.13. The number of rotatable bonds is 3. The predicted octanol–water partition coefficient (Wildman–Crippen LogP) is -3.40. The van der Waals surface area contributed by atoms with Gasteiger partial charge >= 0.3 is 0 Å². The van der Waals surface area contributed by atoms with Crippen LogP contribution in [0.1, 0.15) is 0 Å². The molecule has 3 nitrogen and oxygen atoms in total. The summed E-state index contributed by atoms with van der Waals surface area (Å²) in [5.41, 5.74) is 0. The predicted molar refractivity (Wildman–Crippen MR) is 52.2 cm³/mol. The summed E-state index contributed by atoms with van der Waals surface area (Å²) in [6.45, 7) is 7.26. The summed E-state index contributed by atoms with van der Waals surface area (Å²) in [6.07, 6.45) is 0. The highest BCUT2D eigenvalue weighted by atomic mass is 127. The Bertz CT molecular complexity index is 127. The molecule has 0 spiro atoms. The van der Waals surface area contributed by atoms with E-state index in [4.69, 9.17) is 0 Å². The highest BCUT2D eigenvalue weighted by molar-refractivity contribution is 4.66. The number of hydrogen-bond donors (Lipinski definition) is 1. The van der Waals surface area contributed by atoms with Gasteiger partial charge in [-0.15, -0.1) is 0 Å². The number of quaternary nitrogens is 1. The molecule has 0 aliphatic carbocycles. The maximum Gasteiger partial charge on any atom is 0.0909 e. The minimum Gasteiger partial charge on any atom is -1.00 e. The first-order valence-corrected chi connectivity index (χ1v) is 4.81. The van der Waals surface area contributed by atoms with Crippen molar-refractivity contribution in [2.45, 2.75) is 0 Å². The van der Waals surface area contributed by atoms with Crippen LogP contribution < -0.4 is 29.3 Å². The molecule has 1 aliphatic heterocycles. The first-order valence-electron chi connectivity index (χ1n) is 4.81. The number of nitrogens with one attached hydrogen (secondary N) is 1. The lowest BCUT2D eigenvalue weighted by molar-refractivity contribution is -0.869. The van der Waals surface area contributed by atoms with Gasteiger partial charge in [0.15, 0.2) is 0 Å². The fraction of sp³-hybridized carbons (Fsp3) is 1.00. The van der Waals surface area contributed by atoms with E-state index in [-0.39, 0.29) is 24.0 Å². The maximum atomic E-state index is 3.37. The molecule has 13 heavy (non-hydrogen) atoms. The molecule has 0 aromatic heterocycles. The van der Waals surface area contributed by atoms with Crippen LogP contribution in [-0.4, -0.2) is 69.8 Å². The van der Waals surface area contributed by atoms with Crippen molar-refractivity contribution in [3.05, 3.63) is 0 Å². The van der Waals surface area contributed by atoms with Crippen LogP contribution in [0.4, 0.5) is 0 Å². The zero-order valence-electron chi connectivity index (χ0n) is 9.02. The van der Waals surface area contributed by atoms with E-state index in [2.05, 4.69) is 31.4 Å². The van der Waals surface area contributed by atoms with Crippen molar-refractivity contribution in [2.75, 3.05) is 60.4 Å². The fourth-order valence-corrected chi connectivity index (χ4v) is 1.38. The monoisotopic (exact) mass is 299 g/mol. The average molecular weight is 299 g/mol. The molecule has 1 saturated heterocycles. The number of likely N-dealkylation sites (N-methyl/N-ethyl adjacent to an activating group) is 1. The summed E-state index contributed by atoms with van der Waals surface area (Å²) in [5.74, 6) is 0. The normalized spacial score (nSPS) is 19.6. The number of halogens is 1. The van der Waals surface area contributed by atoms with E-state index < -0.39 is 0 Å². The van der Waals surface area contributed by atoms with Gasteiger partial charge in [0.2, 0.25) is 0 Å². The molecule has 0 aromatic rings. The molecule has 0 radical (unpaired) electrons. The van der Waals surface area contributed by atoms with E-state index in [1.807, 2.05) is 0 Å². The number of hydrogen-bond acceptors (Lipinski definition) is 2. The van der Waals surface area contributed by atoms with E-state index in [9.17, 15) is 0 Å². The van der Waals surface area contributed by atoms with Crippen molar-refractivity contribution < 1.29 is 28.5 Å². The summed E-state index contributed by atoms with van der Waals surface area (Å²) in [7, 11) is 6.76. The van der Waals surface area contributed by atoms with Crippen molar-refractivity contribution in [1.82, 2.24) is 10.2 Å². The van der Waals surface area contributed by atoms with E-state index in [1.54, 1.807) is 0 Å². The third kappa shape index (κ3) is 6.65. The largest absolute Gasteiger partial charge is 1.00 e. The standard InChI is InChI=1S/C9H22N3.HI/c1-12(2,3)9-8-11-6-4-10-5-7-11;/h10H,4-9H2,1-3H3;1H/q+1;/p-1. The molecular weight excluding hydrogens is 277 g/mol. The number of piperazine rings is 1. The second-order valence-electron chi connectivity index (χ2n) is 4.61. The lowest BCUT2D eigenvalue weighted by Gasteiger charge is -2.31. The zero-order valence-corrected chi connectivity index (χ0v) is 11.2. The molecule has 0 aromatic carbocycles. The van der Waals surface area contributed by atoms with Crippen molar-refractivity contribution in [3.8, 4) is 0 Å². The van der Waals surface area contributed by atoms with Gasteiger partial charge in [-0.2, -0.15) is 0 Å². The second-order valence-corrected chi connectivity index (χ2v) is 4.61. The molecule has 1 heterocycles. The summed E-state index contributed by atoms with van der Waals surface area (Å²) in [4.78, 5) is 2.54. The number of nitrogens with zero attached hydrogens (tertiary/aromatic N) is 2. The molecule has 1 N–H and O–H groups in total. The van der Waals surface area contributed by atoms with Crippen LogP contribution >= 0.6 is 0 Å². The maximum absolute atomic E-state index is 3.37. The summed E-state index contributed by atoms with van der Waals surface area (Å²) in [6, 6.07) is 0. The molecule has 80 valence electrons. The Morgan fingerprint density at radius 2 is 1.69 bits per heavy atom. The molecule has 0 amide bonds. The Balaban J connectivity index is 0.00000144.